The Kier molecular flexibility index (Phi) is 7.52. The van der Waals surface area contributed by atoms with Crippen LogP contribution >= 0.6 is 0 Å². The summed E-state index contributed by atoms with van der Waals surface area (Å²) in [6.45, 7) is 4.90. The van der Waals surface area contributed by atoms with Gasteiger partial charge in [-0.3, -0.25) is 4.79 Å². The predicted octanol–water partition coefficient (Wildman–Crippen LogP) is 2.63. The van der Waals surface area contributed by atoms with E-state index >= 15 is 0 Å². The van der Waals surface area contributed by atoms with Crippen molar-refractivity contribution in [2.45, 2.75) is 38.8 Å². The van der Waals surface area contributed by atoms with E-state index in [1.54, 1.807) is 38.5 Å². The van der Waals surface area contributed by atoms with Gasteiger partial charge in [0.15, 0.2) is 6.54 Å². The van der Waals surface area contributed by atoms with Gasteiger partial charge in [0.25, 0.3) is 5.91 Å². The third-order valence-corrected chi connectivity index (χ3v) is 5.43. The zero-order chi connectivity index (χ0) is 22.4. The lowest BCUT2D eigenvalue weighted by atomic mass is 10.0. The molecule has 1 heterocycles. The number of carbonyl (C=O) groups is 2. The van der Waals surface area contributed by atoms with Crippen LogP contribution in [0, 0.1) is 0 Å². The van der Waals surface area contributed by atoms with Crippen molar-refractivity contribution in [3.8, 4) is 11.5 Å². The zero-order valence-electron chi connectivity index (χ0n) is 18.6. The zero-order valence-corrected chi connectivity index (χ0v) is 18.6. The van der Waals surface area contributed by atoms with Crippen molar-refractivity contribution in [3.63, 3.8) is 0 Å². The second-order valence-electron chi connectivity index (χ2n) is 7.97. The molecule has 0 saturated carbocycles. The van der Waals surface area contributed by atoms with Crippen molar-refractivity contribution in [1.82, 2.24) is 0 Å². The van der Waals surface area contributed by atoms with Gasteiger partial charge in [0, 0.05) is 24.6 Å². The van der Waals surface area contributed by atoms with Crippen LogP contribution in [0.25, 0.3) is 0 Å². The number of benzene rings is 2. The molecule has 0 bridgehead atoms. The predicted molar refractivity (Wildman–Crippen MR) is 118 cm³/mol. The number of methoxy groups -OCH3 is 2. The van der Waals surface area contributed by atoms with Crippen molar-refractivity contribution in [2.24, 2.45) is 0 Å². The number of amides is 1. The summed E-state index contributed by atoms with van der Waals surface area (Å²) in [6.07, 6.45) is 1.88. The summed E-state index contributed by atoms with van der Waals surface area (Å²) in [5.74, 6) is 1.10. The lowest BCUT2D eigenvalue weighted by molar-refractivity contribution is -0.910. The lowest BCUT2D eigenvalue weighted by Gasteiger charge is -2.23. The minimum absolute atomic E-state index is 0.0631. The number of carbonyl (C=O) groups excluding carboxylic acids is 2. The van der Waals surface area contributed by atoms with E-state index in [1.165, 1.54) is 4.90 Å². The van der Waals surface area contributed by atoms with Gasteiger partial charge in [0.2, 0.25) is 0 Å². The molecule has 7 nitrogen and oxygen atoms in total. The number of likely N-dealkylation sites (tertiary alicyclic amines) is 1. The Morgan fingerprint density at radius 2 is 1.84 bits per heavy atom. The summed E-state index contributed by atoms with van der Waals surface area (Å²) >= 11 is 0. The van der Waals surface area contributed by atoms with Gasteiger partial charge < -0.3 is 24.4 Å². The number of esters is 1. The summed E-state index contributed by atoms with van der Waals surface area (Å²) < 4.78 is 16.1. The van der Waals surface area contributed by atoms with Crippen LogP contribution in [0.1, 0.15) is 48.7 Å². The summed E-state index contributed by atoms with van der Waals surface area (Å²) in [5.41, 5.74) is 2.21. The van der Waals surface area contributed by atoms with Crippen molar-refractivity contribution in [2.75, 3.05) is 32.6 Å². The summed E-state index contributed by atoms with van der Waals surface area (Å²) in [5, 5.41) is 2.93. The van der Waals surface area contributed by atoms with Crippen LogP contribution in [0.3, 0.4) is 0 Å². The van der Waals surface area contributed by atoms with E-state index in [0.717, 1.165) is 36.4 Å². The Hall–Kier alpha value is -3.06. The first-order valence-electron chi connectivity index (χ1n) is 10.6. The average molecular weight is 428 g/mol. The van der Waals surface area contributed by atoms with Crippen LogP contribution in [0.2, 0.25) is 0 Å². The average Bonchev–Trinajstić information content (AvgIpc) is 3.20. The minimum Gasteiger partial charge on any atom is -0.497 e. The molecule has 1 aliphatic heterocycles. The number of hydrogen-bond donors (Lipinski definition) is 2. The van der Waals surface area contributed by atoms with Crippen LogP contribution in [0.15, 0.2) is 42.5 Å². The molecule has 2 atom stereocenters. The molecule has 3 rings (SSSR count). The Morgan fingerprint density at radius 1 is 1.10 bits per heavy atom. The number of hydrogen-bond acceptors (Lipinski definition) is 5. The van der Waals surface area contributed by atoms with Crippen LogP contribution in [0.5, 0.6) is 11.5 Å². The molecule has 1 saturated heterocycles. The van der Waals surface area contributed by atoms with Gasteiger partial charge in [-0.05, 0) is 50.2 Å². The highest BCUT2D eigenvalue weighted by Gasteiger charge is 2.33. The summed E-state index contributed by atoms with van der Waals surface area (Å²) in [4.78, 5) is 25.8. The van der Waals surface area contributed by atoms with Crippen LogP contribution in [-0.4, -0.2) is 45.3 Å². The fraction of sp³-hybridized carbons (Fsp3) is 0.417. The Balaban J connectivity index is 1.63. The highest BCUT2D eigenvalue weighted by atomic mass is 16.5. The highest BCUT2D eigenvalue weighted by Crippen LogP contribution is 2.31. The molecule has 0 spiro atoms. The molecule has 1 amide bonds. The first-order chi connectivity index (χ1) is 14.9. The number of rotatable bonds is 8. The van der Waals surface area contributed by atoms with Crippen molar-refractivity contribution >= 4 is 17.6 Å². The van der Waals surface area contributed by atoms with E-state index in [-0.39, 0.29) is 24.0 Å². The summed E-state index contributed by atoms with van der Waals surface area (Å²) in [7, 11) is 3.28. The molecule has 1 unspecified atom stereocenters. The third kappa shape index (κ3) is 5.76. The Labute approximate surface area is 183 Å². The molecule has 0 aromatic heterocycles. The molecule has 0 radical (unpaired) electrons. The van der Waals surface area contributed by atoms with Crippen molar-refractivity contribution in [1.29, 1.82) is 0 Å². The smallest absolute Gasteiger partial charge is 0.338 e. The van der Waals surface area contributed by atoms with E-state index in [2.05, 4.69) is 5.32 Å². The maximum absolute atomic E-state index is 12.7. The molecule has 31 heavy (non-hydrogen) atoms. The maximum Gasteiger partial charge on any atom is 0.338 e. The minimum atomic E-state index is -0.370. The van der Waals surface area contributed by atoms with Gasteiger partial charge in [-0.2, -0.15) is 0 Å². The van der Waals surface area contributed by atoms with Gasteiger partial charge in [-0.25, -0.2) is 4.79 Å². The number of nitrogens with one attached hydrogen (secondary N) is 2. The molecule has 1 fully saturated rings. The first kappa shape index (κ1) is 22.6. The lowest BCUT2D eigenvalue weighted by Crippen LogP contribution is -3.11. The van der Waals surface area contributed by atoms with Gasteiger partial charge >= 0.3 is 5.97 Å². The molecule has 2 N–H and O–H groups in total. The number of quaternary nitrogens is 1. The van der Waals surface area contributed by atoms with E-state index in [9.17, 15) is 9.59 Å². The molecule has 166 valence electrons. The Bertz CT molecular complexity index is 911. The van der Waals surface area contributed by atoms with E-state index in [4.69, 9.17) is 14.2 Å². The van der Waals surface area contributed by atoms with Gasteiger partial charge in [0.05, 0.1) is 38.0 Å². The second-order valence-corrected chi connectivity index (χ2v) is 7.97. The van der Waals surface area contributed by atoms with Crippen molar-refractivity contribution in [3.05, 3.63) is 53.6 Å². The normalized spacial score (nSPS) is 18.0. The van der Waals surface area contributed by atoms with E-state index in [1.807, 2.05) is 32.0 Å². The molecule has 2 aromatic rings. The van der Waals surface area contributed by atoms with Gasteiger partial charge in [0.1, 0.15) is 17.5 Å². The molecular formula is C24H31N2O5+. The Morgan fingerprint density at radius 3 is 2.48 bits per heavy atom. The quantitative estimate of drug-likeness (QED) is 0.634. The topological polar surface area (TPSA) is 78.3 Å². The molecule has 2 aromatic carbocycles. The first-order valence-corrected chi connectivity index (χ1v) is 10.6. The molecule has 0 aliphatic carbocycles. The summed E-state index contributed by atoms with van der Waals surface area (Å²) in [6, 6.07) is 12.8. The third-order valence-electron chi connectivity index (χ3n) is 5.43. The van der Waals surface area contributed by atoms with Crippen LogP contribution in [-0.2, 0) is 9.53 Å². The van der Waals surface area contributed by atoms with Gasteiger partial charge in [-0.15, -0.1) is 0 Å². The SMILES string of the molecule is COc1ccc([C@H]2CCC[NH+]2CC(=O)Nc2ccc(C(=O)OC(C)C)cc2)c(OC)c1. The van der Waals surface area contributed by atoms with Crippen LogP contribution in [0.4, 0.5) is 5.69 Å². The second kappa shape index (κ2) is 10.3. The van der Waals surface area contributed by atoms with Crippen LogP contribution < -0.4 is 19.7 Å². The molecule has 1 aliphatic rings. The largest absolute Gasteiger partial charge is 0.497 e. The molecular weight excluding hydrogens is 396 g/mol. The fourth-order valence-electron chi connectivity index (χ4n) is 3.99. The molecule has 7 heteroatoms. The fourth-order valence-corrected chi connectivity index (χ4v) is 3.99. The number of anilines is 1. The van der Waals surface area contributed by atoms with Gasteiger partial charge in [-0.1, -0.05) is 0 Å². The van der Waals surface area contributed by atoms with Crippen molar-refractivity contribution < 1.29 is 28.7 Å². The highest BCUT2D eigenvalue weighted by molar-refractivity contribution is 5.93. The maximum atomic E-state index is 12.7. The monoisotopic (exact) mass is 427 g/mol. The standard InChI is InChI=1S/C24H30N2O5/c1-16(2)31-24(28)17-7-9-18(10-8-17)25-23(27)15-26-13-5-6-21(26)20-12-11-19(29-3)14-22(20)30-4/h7-12,14,16,21H,5-6,13,15H2,1-4H3,(H,25,27)/p+1/t21-/m1/s1. The van der Waals surface area contributed by atoms with E-state index < -0.39 is 0 Å². The number of ether oxygens (including phenoxy) is 3. The van der Waals surface area contributed by atoms with E-state index in [0.29, 0.717) is 17.8 Å².